The normalized spacial score (nSPS) is 11.0. The van der Waals surface area contributed by atoms with Gasteiger partial charge in [-0.15, -0.1) is 0 Å². The minimum Gasteiger partial charge on any atom is -0.365 e. The highest BCUT2D eigenvalue weighted by atomic mass is 35.5. The first-order valence-corrected chi connectivity index (χ1v) is 8.72. The Morgan fingerprint density at radius 2 is 1.92 bits per heavy atom. The first-order chi connectivity index (χ1) is 12.7. The van der Waals surface area contributed by atoms with Crippen molar-refractivity contribution in [3.05, 3.63) is 88.1 Å². The van der Waals surface area contributed by atoms with Crippen molar-refractivity contribution in [1.82, 2.24) is 14.5 Å². The van der Waals surface area contributed by atoms with Crippen LogP contribution in [0.4, 0.5) is 5.82 Å². The smallest absolute Gasteiger partial charge is 0.297 e. The third kappa shape index (κ3) is 3.21. The number of fused-ring (bicyclic) bond motifs is 1. The number of rotatable bonds is 5. The number of nitrogens with one attached hydrogen (secondary N) is 2. The predicted octanol–water partition coefficient (Wildman–Crippen LogP) is 4.02. The van der Waals surface area contributed by atoms with Gasteiger partial charge in [-0.2, -0.15) is 0 Å². The summed E-state index contributed by atoms with van der Waals surface area (Å²) in [5, 5.41) is 4.99. The lowest BCUT2D eigenvalue weighted by atomic mass is 10.1. The fraction of sp³-hybridized carbons (Fsp3) is 0.100. The van der Waals surface area contributed by atoms with Crippen LogP contribution in [0, 0.1) is 0 Å². The fourth-order valence-electron chi connectivity index (χ4n) is 2.99. The van der Waals surface area contributed by atoms with Crippen LogP contribution in [0.5, 0.6) is 0 Å². The van der Waals surface area contributed by atoms with Gasteiger partial charge in [0.2, 0.25) is 0 Å². The van der Waals surface area contributed by atoms with E-state index in [2.05, 4.69) is 27.4 Å². The number of halogens is 1. The van der Waals surface area contributed by atoms with Crippen molar-refractivity contribution in [2.24, 2.45) is 0 Å². The van der Waals surface area contributed by atoms with E-state index in [9.17, 15) is 4.79 Å². The maximum atomic E-state index is 12.7. The molecule has 0 saturated heterocycles. The molecule has 0 aliphatic carbocycles. The van der Waals surface area contributed by atoms with Crippen molar-refractivity contribution < 1.29 is 0 Å². The molecule has 0 bridgehead atoms. The van der Waals surface area contributed by atoms with Gasteiger partial charge in [0.15, 0.2) is 5.82 Å². The molecule has 0 spiro atoms. The van der Waals surface area contributed by atoms with Gasteiger partial charge in [0, 0.05) is 46.7 Å². The summed E-state index contributed by atoms with van der Waals surface area (Å²) < 4.78 is 1.55. The van der Waals surface area contributed by atoms with Gasteiger partial charge in [0.05, 0.1) is 0 Å². The molecule has 0 atom stereocenters. The van der Waals surface area contributed by atoms with Crippen LogP contribution in [-0.2, 0) is 6.42 Å². The van der Waals surface area contributed by atoms with E-state index < -0.39 is 0 Å². The Hall–Kier alpha value is -3.05. The number of benzene rings is 2. The number of para-hydroxylation sites is 1. The summed E-state index contributed by atoms with van der Waals surface area (Å²) in [6.07, 6.45) is 6.07. The molecule has 0 aliphatic heterocycles. The molecule has 2 aromatic heterocycles. The highest BCUT2D eigenvalue weighted by Crippen LogP contribution is 2.18. The molecule has 26 heavy (non-hydrogen) atoms. The largest absolute Gasteiger partial charge is 0.365 e. The predicted molar refractivity (Wildman–Crippen MR) is 105 cm³/mol. The topological polar surface area (TPSA) is 62.7 Å². The second-order valence-corrected chi connectivity index (χ2v) is 6.40. The summed E-state index contributed by atoms with van der Waals surface area (Å²) in [7, 11) is 0. The van der Waals surface area contributed by atoms with Crippen LogP contribution < -0.4 is 10.9 Å². The Bertz CT molecular complexity index is 1100. The third-order valence-corrected chi connectivity index (χ3v) is 4.56. The fourth-order valence-corrected chi connectivity index (χ4v) is 3.12. The van der Waals surface area contributed by atoms with Crippen LogP contribution >= 0.6 is 11.6 Å². The van der Waals surface area contributed by atoms with Crippen molar-refractivity contribution in [3.8, 4) is 5.69 Å². The van der Waals surface area contributed by atoms with E-state index >= 15 is 0 Å². The van der Waals surface area contributed by atoms with Gasteiger partial charge in [0.25, 0.3) is 5.56 Å². The summed E-state index contributed by atoms with van der Waals surface area (Å²) in [5.74, 6) is 0.335. The zero-order valence-corrected chi connectivity index (χ0v) is 14.7. The lowest BCUT2D eigenvalue weighted by Crippen LogP contribution is -2.23. The molecule has 0 saturated carbocycles. The lowest BCUT2D eigenvalue weighted by Gasteiger charge is -2.09. The van der Waals surface area contributed by atoms with Gasteiger partial charge >= 0.3 is 0 Å². The molecule has 2 aromatic carbocycles. The Balaban J connectivity index is 1.51. The van der Waals surface area contributed by atoms with Gasteiger partial charge in [-0.3, -0.25) is 9.36 Å². The number of aromatic amines is 1. The van der Waals surface area contributed by atoms with Crippen LogP contribution in [0.3, 0.4) is 0 Å². The molecular weight excluding hydrogens is 348 g/mol. The number of hydrogen-bond acceptors (Lipinski definition) is 3. The van der Waals surface area contributed by atoms with Gasteiger partial charge < -0.3 is 10.3 Å². The molecule has 4 rings (SSSR count). The van der Waals surface area contributed by atoms with Crippen LogP contribution in [-0.4, -0.2) is 21.1 Å². The van der Waals surface area contributed by atoms with Crippen molar-refractivity contribution in [2.45, 2.75) is 6.42 Å². The van der Waals surface area contributed by atoms with Gasteiger partial charge in [0.1, 0.15) is 0 Å². The quantitative estimate of drug-likeness (QED) is 0.562. The van der Waals surface area contributed by atoms with Gasteiger partial charge in [-0.05, 0) is 42.3 Å². The number of hydrogen-bond donors (Lipinski definition) is 2. The molecule has 0 aliphatic rings. The molecule has 5 nitrogen and oxygen atoms in total. The number of nitrogens with zero attached hydrogens (tertiary/aromatic N) is 2. The Labute approximate surface area is 155 Å². The molecule has 0 fully saturated rings. The molecule has 130 valence electrons. The average molecular weight is 365 g/mol. The Morgan fingerprint density at radius 3 is 2.77 bits per heavy atom. The third-order valence-electron chi connectivity index (χ3n) is 4.31. The highest BCUT2D eigenvalue weighted by Gasteiger charge is 2.07. The highest BCUT2D eigenvalue weighted by molar-refractivity contribution is 6.30. The SMILES string of the molecule is O=c1c(NCCc2c[nH]c3ccccc23)nccn1-c1ccc(Cl)cc1. The van der Waals surface area contributed by atoms with E-state index in [-0.39, 0.29) is 5.56 Å². The summed E-state index contributed by atoms with van der Waals surface area (Å²) in [6, 6.07) is 15.3. The van der Waals surface area contributed by atoms with Crippen LogP contribution in [0.15, 0.2) is 71.9 Å². The first-order valence-electron chi connectivity index (χ1n) is 8.35. The minimum absolute atomic E-state index is 0.186. The number of H-pyrrole nitrogens is 1. The van der Waals surface area contributed by atoms with Crippen molar-refractivity contribution in [1.29, 1.82) is 0 Å². The van der Waals surface area contributed by atoms with E-state index in [1.165, 1.54) is 10.9 Å². The zero-order valence-electron chi connectivity index (χ0n) is 13.9. The number of anilines is 1. The van der Waals surface area contributed by atoms with E-state index in [0.29, 0.717) is 17.4 Å². The molecular formula is C20H17ClN4O. The Morgan fingerprint density at radius 1 is 1.12 bits per heavy atom. The van der Waals surface area contributed by atoms with E-state index in [4.69, 9.17) is 11.6 Å². The lowest BCUT2D eigenvalue weighted by molar-refractivity contribution is 0.934. The van der Waals surface area contributed by atoms with Crippen LogP contribution in [0.1, 0.15) is 5.56 Å². The zero-order chi connectivity index (χ0) is 17.9. The van der Waals surface area contributed by atoms with Gasteiger partial charge in [-0.1, -0.05) is 29.8 Å². The van der Waals surface area contributed by atoms with Crippen LogP contribution in [0.2, 0.25) is 5.02 Å². The average Bonchev–Trinajstić information content (AvgIpc) is 3.07. The molecule has 0 amide bonds. The molecule has 4 aromatic rings. The monoisotopic (exact) mass is 364 g/mol. The summed E-state index contributed by atoms with van der Waals surface area (Å²) in [4.78, 5) is 20.1. The second kappa shape index (κ2) is 7.06. The second-order valence-electron chi connectivity index (χ2n) is 5.96. The summed E-state index contributed by atoms with van der Waals surface area (Å²) >= 11 is 5.91. The molecule has 0 radical (unpaired) electrons. The molecule has 2 heterocycles. The van der Waals surface area contributed by atoms with Crippen molar-refractivity contribution >= 4 is 28.3 Å². The molecule has 0 unspecified atom stereocenters. The first kappa shape index (κ1) is 16.4. The Kier molecular flexibility index (Phi) is 4.46. The van der Waals surface area contributed by atoms with Crippen molar-refractivity contribution in [3.63, 3.8) is 0 Å². The van der Waals surface area contributed by atoms with E-state index in [1.807, 2.05) is 18.3 Å². The summed E-state index contributed by atoms with van der Waals surface area (Å²) in [5.41, 5.74) is 2.89. The number of aromatic nitrogens is 3. The van der Waals surface area contributed by atoms with Crippen LogP contribution in [0.25, 0.3) is 16.6 Å². The van der Waals surface area contributed by atoms with E-state index in [0.717, 1.165) is 17.6 Å². The standard InChI is InChI=1S/C20H17ClN4O/c21-15-5-7-16(8-6-15)25-12-11-23-19(20(25)26)22-10-9-14-13-24-18-4-2-1-3-17(14)18/h1-8,11-13,24H,9-10H2,(H,22,23). The minimum atomic E-state index is -0.186. The van der Waals surface area contributed by atoms with Crippen molar-refractivity contribution in [2.75, 3.05) is 11.9 Å². The molecule has 6 heteroatoms. The van der Waals surface area contributed by atoms with E-state index in [1.54, 1.807) is 41.2 Å². The maximum absolute atomic E-state index is 12.7. The maximum Gasteiger partial charge on any atom is 0.297 e. The molecule has 2 N–H and O–H groups in total. The summed E-state index contributed by atoms with van der Waals surface area (Å²) in [6.45, 7) is 0.620. The van der Waals surface area contributed by atoms with Gasteiger partial charge in [-0.25, -0.2) is 4.98 Å².